The number of hydrogen-bond donors (Lipinski definition) is 2. The lowest BCUT2D eigenvalue weighted by Crippen LogP contribution is -2.50. The first-order valence-electron chi connectivity index (χ1n) is 12.0. The fourth-order valence-electron chi connectivity index (χ4n) is 5.33. The first kappa shape index (κ1) is 23.0. The molecule has 1 aliphatic carbocycles. The van der Waals surface area contributed by atoms with E-state index in [4.69, 9.17) is 0 Å². The standard InChI is InChI=1S/C26H36FN3O2/c1-16-9-12-23(24(31)28-16)30-15-20-14-18(10-11-21(20)25(30)32)13-19-7-5-6-8-22(19)29-17(2)26(3,4)27/h10-11,14,17,19,22-23,29H,1,5-9,12-13,15H2,2-4H3,(H,28,31)/t17-,19-,22+,23?/m1/s1. The molecule has 1 saturated heterocycles. The van der Waals surface area contributed by atoms with Crippen LogP contribution in [0.2, 0.25) is 0 Å². The van der Waals surface area contributed by atoms with Crippen molar-refractivity contribution in [2.45, 2.75) is 96.1 Å². The Hall–Kier alpha value is -2.21. The Kier molecular flexibility index (Phi) is 6.44. The van der Waals surface area contributed by atoms with E-state index in [0.717, 1.165) is 30.5 Å². The van der Waals surface area contributed by atoms with Crippen LogP contribution in [0.15, 0.2) is 30.5 Å². The molecule has 4 atom stereocenters. The summed E-state index contributed by atoms with van der Waals surface area (Å²) in [5.41, 5.74) is 2.39. The number of alkyl halides is 1. The van der Waals surface area contributed by atoms with Crippen molar-refractivity contribution >= 4 is 11.8 Å². The van der Waals surface area contributed by atoms with Crippen molar-refractivity contribution in [3.8, 4) is 0 Å². The number of rotatable bonds is 6. The van der Waals surface area contributed by atoms with Gasteiger partial charge in [-0.1, -0.05) is 31.6 Å². The van der Waals surface area contributed by atoms with Gasteiger partial charge in [0.05, 0.1) is 0 Å². The molecular weight excluding hydrogens is 405 g/mol. The van der Waals surface area contributed by atoms with Crippen molar-refractivity contribution in [2.24, 2.45) is 5.92 Å². The highest BCUT2D eigenvalue weighted by Gasteiger charge is 2.38. The first-order valence-corrected chi connectivity index (χ1v) is 12.0. The zero-order valence-corrected chi connectivity index (χ0v) is 19.5. The van der Waals surface area contributed by atoms with Crippen LogP contribution in [-0.4, -0.2) is 40.5 Å². The summed E-state index contributed by atoms with van der Waals surface area (Å²) in [6.07, 6.45) is 6.83. The second kappa shape index (κ2) is 8.97. The summed E-state index contributed by atoms with van der Waals surface area (Å²) < 4.78 is 14.4. The Balaban J connectivity index is 1.45. The van der Waals surface area contributed by atoms with Crippen molar-refractivity contribution in [2.75, 3.05) is 0 Å². The van der Waals surface area contributed by atoms with Gasteiger partial charge in [-0.2, -0.15) is 0 Å². The normalized spacial score (nSPS) is 27.3. The average molecular weight is 442 g/mol. The Morgan fingerprint density at radius 3 is 2.72 bits per heavy atom. The quantitative estimate of drug-likeness (QED) is 0.693. The average Bonchev–Trinajstić information content (AvgIpc) is 3.04. The van der Waals surface area contributed by atoms with Crippen LogP contribution in [-0.2, 0) is 17.8 Å². The molecule has 1 aromatic rings. The van der Waals surface area contributed by atoms with Crippen molar-refractivity contribution in [1.29, 1.82) is 0 Å². The molecule has 1 unspecified atom stereocenters. The van der Waals surface area contributed by atoms with Gasteiger partial charge in [0.1, 0.15) is 11.7 Å². The Labute approximate surface area is 190 Å². The first-order chi connectivity index (χ1) is 15.1. The Bertz CT molecular complexity index is 907. The number of hydrogen-bond acceptors (Lipinski definition) is 3. The van der Waals surface area contributed by atoms with Crippen molar-refractivity contribution < 1.29 is 14.0 Å². The zero-order valence-electron chi connectivity index (χ0n) is 19.5. The summed E-state index contributed by atoms with van der Waals surface area (Å²) in [5.74, 6) is 0.258. The Morgan fingerprint density at radius 2 is 2.00 bits per heavy atom. The van der Waals surface area contributed by atoms with E-state index in [1.807, 2.05) is 13.0 Å². The van der Waals surface area contributed by atoms with E-state index in [9.17, 15) is 14.0 Å². The minimum atomic E-state index is -1.25. The SMILES string of the molecule is C=C1CCC(N2Cc3cc(C[C@H]4CCCC[C@@H]4N[C@H](C)C(C)(C)F)ccc3C2=O)C(=O)N1. The maximum atomic E-state index is 14.4. The largest absolute Gasteiger partial charge is 0.329 e. The molecule has 0 aromatic heterocycles. The smallest absolute Gasteiger partial charge is 0.255 e. The van der Waals surface area contributed by atoms with Gasteiger partial charge in [-0.15, -0.1) is 0 Å². The minimum absolute atomic E-state index is 0.0598. The highest BCUT2D eigenvalue weighted by molar-refractivity contribution is 6.01. The summed E-state index contributed by atoms with van der Waals surface area (Å²) in [6, 6.07) is 5.79. The molecule has 174 valence electrons. The highest BCUT2D eigenvalue weighted by atomic mass is 19.1. The van der Waals surface area contributed by atoms with Crippen molar-refractivity contribution in [3.05, 3.63) is 47.2 Å². The number of nitrogens with zero attached hydrogens (tertiary/aromatic N) is 1. The number of fused-ring (bicyclic) bond motifs is 1. The maximum Gasteiger partial charge on any atom is 0.255 e. The Morgan fingerprint density at radius 1 is 1.25 bits per heavy atom. The number of carbonyl (C=O) groups excluding carboxylic acids is 2. The molecule has 0 bridgehead atoms. The van der Waals surface area contributed by atoms with Gasteiger partial charge in [0.15, 0.2) is 0 Å². The van der Waals surface area contributed by atoms with E-state index in [-0.39, 0.29) is 17.9 Å². The molecule has 4 rings (SSSR count). The van der Waals surface area contributed by atoms with Crippen LogP contribution in [0, 0.1) is 5.92 Å². The van der Waals surface area contributed by atoms with Crippen LogP contribution in [0.25, 0.3) is 0 Å². The van der Waals surface area contributed by atoms with Gasteiger partial charge in [-0.3, -0.25) is 9.59 Å². The third kappa shape index (κ3) is 4.75. The van der Waals surface area contributed by atoms with Crippen LogP contribution >= 0.6 is 0 Å². The molecule has 6 heteroatoms. The molecule has 32 heavy (non-hydrogen) atoms. The fourth-order valence-corrected chi connectivity index (χ4v) is 5.33. The number of halogens is 1. The van der Waals surface area contributed by atoms with E-state index in [1.54, 1.807) is 18.7 Å². The summed E-state index contributed by atoms with van der Waals surface area (Å²) in [7, 11) is 0. The van der Waals surface area contributed by atoms with Gasteiger partial charge < -0.3 is 15.5 Å². The molecule has 2 amide bonds. The third-order valence-electron chi connectivity index (χ3n) is 7.60. The molecule has 2 fully saturated rings. The van der Waals surface area contributed by atoms with Crippen LogP contribution in [0.5, 0.6) is 0 Å². The zero-order chi connectivity index (χ0) is 23.0. The molecule has 2 heterocycles. The van der Waals surface area contributed by atoms with Crippen LogP contribution in [0.1, 0.15) is 80.8 Å². The van der Waals surface area contributed by atoms with E-state index < -0.39 is 11.7 Å². The van der Waals surface area contributed by atoms with Crippen LogP contribution < -0.4 is 10.6 Å². The molecular formula is C26H36FN3O2. The number of benzene rings is 1. The molecule has 0 radical (unpaired) electrons. The molecule has 5 nitrogen and oxygen atoms in total. The molecule has 1 saturated carbocycles. The highest BCUT2D eigenvalue weighted by Crippen LogP contribution is 2.32. The molecule has 1 aromatic carbocycles. The van der Waals surface area contributed by atoms with E-state index >= 15 is 0 Å². The fraction of sp³-hybridized carbons (Fsp3) is 0.615. The number of allylic oxidation sites excluding steroid dienone is 1. The lowest BCUT2D eigenvalue weighted by Gasteiger charge is -2.37. The van der Waals surface area contributed by atoms with Crippen molar-refractivity contribution in [3.63, 3.8) is 0 Å². The van der Waals surface area contributed by atoms with E-state index in [0.29, 0.717) is 36.9 Å². The molecule has 2 N–H and O–H groups in total. The molecule has 0 spiro atoms. The lowest BCUT2D eigenvalue weighted by molar-refractivity contribution is -0.126. The second-order valence-electron chi connectivity index (χ2n) is 10.4. The minimum Gasteiger partial charge on any atom is -0.329 e. The van der Waals surface area contributed by atoms with Gasteiger partial charge in [0, 0.05) is 29.9 Å². The third-order valence-corrected chi connectivity index (χ3v) is 7.60. The summed E-state index contributed by atoms with van der Waals surface area (Å²) >= 11 is 0. The predicted molar refractivity (Wildman–Crippen MR) is 124 cm³/mol. The predicted octanol–water partition coefficient (Wildman–Crippen LogP) is 4.26. The van der Waals surface area contributed by atoms with E-state index in [1.165, 1.54) is 18.4 Å². The molecule has 2 aliphatic heterocycles. The topological polar surface area (TPSA) is 61.4 Å². The monoisotopic (exact) mass is 441 g/mol. The summed E-state index contributed by atoms with van der Waals surface area (Å²) in [6.45, 7) is 9.50. The van der Waals surface area contributed by atoms with Gasteiger partial charge >= 0.3 is 0 Å². The van der Waals surface area contributed by atoms with Gasteiger partial charge in [0.25, 0.3) is 5.91 Å². The van der Waals surface area contributed by atoms with Crippen molar-refractivity contribution in [1.82, 2.24) is 15.5 Å². The van der Waals surface area contributed by atoms with E-state index in [2.05, 4.69) is 29.3 Å². The summed E-state index contributed by atoms with van der Waals surface area (Å²) in [4.78, 5) is 27.1. The second-order valence-corrected chi connectivity index (χ2v) is 10.4. The van der Waals surface area contributed by atoms with Gasteiger partial charge in [-0.05, 0) is 76.0 Å². The maximum absolute atomic E-state index is 14.4. The lowest BCUT2D eigenvalue weighted by atomic mass is 9.79. The number of nitrogens with one attached hydrogen (secondary N) is 2. The molecule has 3 aliphatic rings. The number of amides is 2. The number of carbonyl (C=O) groups is 2. The van der Waals surface area contributed by atoms with Gasteiger partial charge in [-0.25, -0.2) is 4.39 Å². The number of piperidine rings is 1. The van der Waals surface area contributed by atoms with Gasteiger partial charge in [0.2, 0.25) is 5.91 Å². The summed E-state index contributed by atoms with van der Waals surface area (Å²) in [5, 5.41) is 6.35. The van der Waals surface area contributed by atoms with Crippen LogP contribution in [0.4, 0.5) is 4.39 Å². The van der Waals surface area contributed by atoms with Crippen LogP contribution in [0.3, 0.4) is 0 Å².